The van der Waals surface area contributed by atoms with Crippen LogP contribution < -0.4 is 5.73 Å². The first kappa shape index (κ1) is 15.5. The summed E-state index contributed by atoms with van der Waals surface area (Å²) < 4.78 is 25.7. The predicted molar refractivity (Wildman–Crippen MR) is 88.9 cm³/mol. The number of halogens is 1. The van der Waals surface area contributed by atoms with Crippen molar-refractivity contribution in [2.45, 2.75) is 23.0 Å². The van der Waals surface area contributed by atoms with Crippen molar-refractivity contribution in [1.29, 1.82) is 0 Å². The topological polar surface area (TPSA) is 60.2 Å². The van der Waals surface area contributed by atoms with Crippen LogP contribution in [0.2, 0.25) is 5.02 Å². The minimum Gasteiger partial charge on any atom is -0.330 e. The maximum absolute atomic E-state index is 12.8. The molecule has 0 aromatic heterocycles. The van der Waals surface area contributed by atoms with E-state index < -0.39 is 15.1 Å². The highest BCUT2D eigenvalue weighted by Gasteiger charge is 2.57. The molecule has 0 saturated heterocycles. The quantitative estimate of drug-likeness (QED) is 0.933. The van der Waals surface area contributed by atoms with Gasteiger partial charge in [-0.1, -0.05) is 41.4 Å². The van der Waals surface area contributed by atoms with Gasteiger partial charge < -0.3 is 5.73 Å². The number of rotatable bonds is 4. The molecule has 0 spiro atoms. The molecule has 0 bridgehead atoms. The van der Waals surface area contributed by atoms with E-state index in [1.54, 1.807) is 24.3 Å². The second kappa shape index (κ2) is 5.69. The molecule has 0 heterocycles. The van der Waals surface area contributed by atoms with E-state index in [2.05, 4.69) is 0 Å². The van der Waals surface area contributed by atoms with E-state index in [4.69, 9.17) is 17.3 Å². The summed E-state index contributed by atoms with van der Waals surface area (Å²) >= 11 is 5.84. The molecule has 3 atom stereocenters. The van der Waals surface area contributed by atoms with Crippen LogP contribution in [-0.4, -0.2) is 20.2 Å². The van der Waals surface area contributed by atoms with E-state index in [0.717, 1.165) is 11.1 Å². The van der Waals surface area contributed by atoms with Gasteiger partial charge in [0.25, 0.3) is 0 Å². The monoisotopic (exact) mass is 335 g/mol. The van der Waals surface area contributed by atoms with Crippen molar-refractivity contribution in [3.63, 3.8) is 0 Å². The Balaban J connectivity index is 1.93. The number of hydrogen-bond acceptors (Lipinski definition) is 3. The Morgan fingerprint density at radius 1 is 1.05 bits per heavy atom. The molecule has 0 radical (unpaired) electrons. The Labute approximate surface area is 136 Å². The van der Waals surface area contributed by atoms with Crippen LogP contribution >= 0.6 is 11.6 Å². The summed E-state index contributed by atoms with van der Waals surface area (Å²) in [5, 5.41) is 0.0848. The minimum absolute atomic E-state index is 0.0220. The SMILES string of the molecule is Cc1ccc([C@@H]2[C@H](CN)[C@@H]2S(=O)(=O)c2ccc(Cl)cc2)cc1. The highest BCUT2D eigenvalue weighted by Crippen LogP contribution is 2.53. The Hall–Kier alpha value is -1.36. The second-order valence-electron chi connectivity index (χ2n) is 5.80. The van der Waals surface area contributed by atoms with Gasteiger partial charge in [0, 0.05) is 10.9 Å². The predicted octanol–water partition coefficient (Wildman–Crippen LogP) is 3.16. The molecule has 22 heavy (non-hydrogen) atoms. The Kier molecular flexibility index (Phi) is 4.02. The fourth-order valence-electron chi connectivity index (χ4n) is 3.05. The molecule has 0 unspecified atom stereocenters. The van der Waals surface area contributed by atoms with Gasteiger partial charge in [-0.2, -0.15) is 0 Å². The van der Waals surface area contributed by atoms with Gasteiger partial charge in [-0.3, -0.25) is 0 Å². The highest BCUT2D eigenvalue weighted by atomic mass is 35.5. The lowest BCUT2D eigenvalue weighted by molar-refractivity contribution is 0.591. The average molecular weight is 336 g/mol. The van der Waals surface area contributed by atoms with Gasteiger partial charge in [-0.25, -0.2) is 8.42 Å². The van der Waals surface area contributed by atoms with E-state index in [1.807, 2.05) is 31.2 Å². The third kappa shape index (κ3) is 2.67. The van der Waals surface area contributed by atoms with E-state index >= 15 is 0 Å². The van der Waals surface area contributed by atoms with Gasteiger partial charge in [-0.05, 0) is 49.2 Å². The van der Waals surface area contributed by atoms with Crippen LogP contribution in [0, 0.1) is 12.8 Å². The highest BCUT2D eigenvalue weighted by molar-refractivity contribution is 7.92. The fourth-order valence-corrected chi connectivity index (χ4v) is 5.40. The van der Waals surface area contributed by atoms with Crippen LogP contribution in [-0.2, 0) is 9.84 Å². The van der Waals surface area contributed by atoms with Crippen molar-refractivity contribution >= 4 is 21.4 Å². The molecule has 0 aliphatic heterocycles. The molecule has 5 heteroatoms. The lowest BCUT2D eigenvalue weighted by Crippen LogP contribution is -2.13. The van der Waals surface area contributed by atoms with Crippen molar-refractivity contribution < 1.29 is 8.42 Å². The van der Waals surface area contributed by atoms with Crippen molar-refractivity contribution in [3.8, 4) is 0 Å². The third-order valence-electron chi connectivity index (χ3n) is 4.33. The first-order valence-corrected chi connectivity index (χ1v) is 9.13. The fraction of sp³-hybridized carbons (Fsp3) is 0.294. The normalized spacial score (nSPS) is 24.2. The molecule has 3 nitrogen and oxygen atoms in total. The van der Waals surface area contributed by atoms with Crippen LogP contribution in [0.15, 0.2) is 53.4 Å². The molecule has 1 saturated carbocycles. The van der Waals surface area contributed by atoms with Crippen LogP contribution in [0.4, 0.5) is 0 Å². The molecule has 1 aliphatic carbocycles. The zero-order chi connectivity index (χ0) is 15.9. The number of aryl methyl sites for hydroxylation is 1. The van der Waals surface area contributed by atoms with Crippen LogP contribution in [0.1, 0.15) is 17.0 Å². The number of sulfone groups is 1. The zero-order valence-corrected chi connectivity index (χ0v) is 13.8. The second-order valence-corrected chi connectivity index (χ2v) is 8.34. The van der Waals surface area contributed by atoms with Crippen molar-refractivity contribution in [3.05, 3.63) is 64.7 Å². The maximum atomic E-state index is 12.8. The lowest BCUT2D eigenvalue weighted by atomic mass is 10.1. The first-order valence-electron chi connectivity index (χ1n) is 7.21. The first-order chi connectivity index (χ1) is 10.4. The van der Waals surface area contributed by atoms with E-state index in [-0.39, 0.29) is 11.8 Å². The molecule has 3 rings (SSSR count). The molecule has 2 N–H and O–H groups in total. The molecule has 2 aromatic rings. The Morgan fingerprint density at radius 2 is 1.64 bits per heavy atom. The van der Waals surface area contributed by atoms with Gasteiger partial charge in [0.15, 0.2) is 9.84 Å². The van der Waals surface area contributed by atoms with E-state index in [0.29, 0.717) is 16.5 Å². The van der Waals surface area contributed by atoms with E-state index in [9.17, 15) is 8.42 Å². The number of benzene rings is 2. The third-order valence-corrected chi connectivity index (χ3v) is 6.87. The lowest BCUT2D eigenvalue weighted by Gasteiger charge is -2.05. The van der Waals surface area contributed by atoms with Gasteiger partial charge in [0.2, 0.25) is 0 Å². The smallest absolute Gasteiger partial charge is 0.182 e. The summed E-state index contributed by atoms with van der Waals surface area (Å²) in [6.45, 7) is 2.38. The maximum Gasteiger partial charge on any atom is 0.182 e. The average Bonchev–Trinajstić information content (AvgIpc) is 3.24. The summed E-state index contributed by atoms with van der Waals surface area (Å²) in [4.78, 5) is 0.315. The Morgan fingerprint density at radius 3 is 2.18 bits per heavy atom. The van der Waals surface area contributed by atoms with Gasteiger partial charge >= 0.3 is 0 Å². The van der Waals surface area contributed by atoms with Crippen LogP contribution in [0.3, 0.4) is 0 Å². The molecular weight excluding hydrogens is 318 g/mol. The van der Waals surface area contributed by atoms with Crippen molar-refractivity contribution in [2.24, 2.45) is 11.7 Å². The van der Waals surface area contributed by atoms with E-state index in [1.165, 1.54) is 0 Å². The van der Waals surface area contributed by atoms with Gasteiger partial charge in [-0.15, -0.1) is 0 Å². The summed E-state index contributed by atoms with van der Waals surface area (Å²) in [5.41, 5.74) is 8.00. The summed E-state index contributed by atoms with van der Waals surface area (Å²) in [6, 6.07) is 14.4. The molecular formula is C17H18ClNO2S. The van der Waals surface area contributed by atoms with Crippen LogP contribution in [0.25, 0.3) is 0 Å². The summed E-state index contributed by atoms with van der Waals surface area (Å²) in [7, 11) is -3.39. The van der Waals surface area contributed by atoms with Crippen molar-refractivity contribution in [2.75, 3.05) is 6.54 Å². The minimum atomic E-state index is -3.39. The number of nitrogens with two attached hydrogens (primary N) is 1. The van der Waals surface area contributed by atoms with Gasteiger partial charge in [0.05, 0.1) is 10.1 Å². The molecule has 1 aliphatic rings. The summed E-state index contributed by atoms with van der Waals surface area (Å²) in [5.74, 6) is -0.0466. The van der Waals surface area contributed by atoms with Crippen LogP contribution in [0.5, 0.6) is 0 Å². The molecule has 116 valence electrons. The summed E-state index contributed by atoms with van der Waals surface area (Å²) in [6.07, 6.45) is 0. The zero-order valence-electron chi connectivity index (χ0n) is 12.2. The molecule has 1 fully saturated rings. The standard InChI is InChI=1S/C17H18ClNO2S/c1-11-2-4-12(5-3-11)16-15(10-19)17(16)22(20,21)14-8-6-13(18)7-9-14/h2-9,15-17H,10,19H2,1H3/t15-,16+,17-/m0/s1. The van der Waals surface area contributed by atoms with Crippen molar-refractivity contribution in [1.82, 2.24) is 0 Å². The largest absolute Gasteiger partial charge is 0.330 e. The Bertz CT molecular complexity index is 769. The molecule has 0 amide bonds. The number of hydrogen-bond donors (Lipinski definition) is 1. The van der Waals surface area contributed by atoms with Gasteiger partial charge in [0.1, 0.15) is 0 Å². The molecule has 2 aromatic carbocycles.